The van der Waals surface area contributed by atoms with Crippen molar-refractivity contribution in [3.63, 3.8) is 0 Å². The molecule has 0 spiro atoms. The molecule has 0 radical (unpaired) electrons. The van der Waals surface area contributed by atoms with E-state index in [-0.39, 0.29) is 24.2 Å². The van der Waals surface area contributed by atoms with Gasteiger partial charge in [-0.3, -0.25) is 19.3 Å². The average molecular weight is 774 g/mol. The summed E-state index contributed by atoms with van der Waals surface area (Å²) < 4.78 is 10.8. The van der Waals surface area contributed by atoms with Crippen LogP contribution in [0.25, 0.3) is 21.5 Å². The molecule has 5 aromatic rings. The monoisotopic (exact) mass is 773 g/mol. The Morgan fingerprint density at radius 1 is 0.702 bits per heavy atom. The molecule has 0 saturated heterocycles. The van der Waals surface area contributed by atoms with Gasteiger partial charge < -0.3 is 25.6 Å². The van der Waals surface area contributed by atoms with Gasteiger partial charge in [0.2, 0.25) is 17.7 Å². The Bertz CT molecular complexity index is 2040. The number of nitrogens with zero attached hydrogens (tertiary/aromatic N) is 1. The van der Waals surface area contributed by atoms with Crippen LogP contribution < -0.4 is 20.5 Å². The summed E-state index contributed by atoms with van der Waals surface area (Å²) >= 11 is 0. The van der Waals surface area contributed by atoms with Gasteiger partial charge in [-0.05, 0) is 94.3 Å². The van der Waals surface area contributed by atoms with Gasteiger partial charge in [0, 0.05) is 12.5 Å². The van der Waals surface area contributed by atoms with Crippen LogP contribution in [0.1, 0.15) is 63.6 Å². The van der Waals surface area contributed by atoms with E-state index in [9.17, 15) is 14.7 Å². The number of aliphatic hydroxyl groups is 1. The summed E-state index contributed by atoms with van der Waals surface area (Å²) in [5.74, 6) is -0.725. The normalized spacial score (nSPS) is 13.2. The maximum atomic E-state index is 15.4. The van der Waals surface area contributed by atoms with Crippen molar-refractivity contribution in [3.8, 4) is 11.5 Å². The third-order valence-electron chi connectivity index (χ3n) is 10.6. The number of nitrogens with one attached hydrogen (secondary N) is 1. The Labute approximate surface area is 337 Å². The van der Waals surface area contributed by atoms with Gasteiger partial charge in [0.1, 0.15) is 0 Å². The number of hydrogen-bond acceptors (Lipinski definition) is 7. The van der Waals surface area contributed by atoms with Crippen LogP contribution in [0.2, 0.25) is 0 Å². The second-order valence-corrected chi connectivity index (χ2v) is 15.9. The van der Waals surface area contributed by atoms with Crippen molar-refractivity contribution < 1.29 is 29.0 Å². The molecule has 5 aromatic carbocycles. The minimum Gasteiger partial charge on any atom is -0.493 e. The third-order valence-corrected chi connectivity index (χ3v) is 10.6. The number of methoxy groups -OCH3 is 2. The number of fused-ring (bicyclic) bond motifs is 2. The van der Waals surface area contributed by atoms with Crippen molar-refractivity contribution >= 4 is 39.3 Å². The summed E-state index contributed by atoms with van der Waals surface area (Å²) in [7, 11) is 3.15. The fourth-order valence-corrected chi connectivity index (χ4v) is 7.84. The molecule has 0 fully saturated rings. The van der Waals surface area contributed by atoms with Gasteiger partial charge in [-0.15, -0.1) is 0 Å². The third kappa shape index (κ3) is 11.2. The van der Waals surface area contributed by atoms with Gasteiger partial charge in [0.25, 0.3) is 0 Å². The van der Waals surface area contributed by atoms with Crippen LogP contribution >= 0.6 is 0 Å². The standard InChI is InChI=1S/C48H59N3O6/c1-31(2)25-41(49)48(55)51(42(26-32(3)4)43(52)30-46(53)50-24-23-33-21-22-44(56-5)45(27-33)57-6)47(54)38(28-36-17-11-15-34-13-7-9-19-39(34)36)29-37-18-12-16-35-14-8-10-20-40(35)37/h7-22,27,31-32,38,41-43,52H,23-26,28-30,49H2,1-6H3,(H,50,53)/t41-,42-,43-/m0/s1. The Hall–Kier alpha value is -5.25. The molecule has 57 heavy (non-hydrogen) atoms. The van der Waals surface area contributed by atoms with Crippen LogP contribution in [0.3, 0.4) is 0 Å². The van der Waals surface area contributed by atoms with Crippen LogP contribution in [-0.4, -0.2) is 66.7 Å². The van der Waals surface area contributed by atoms with Crippen LogP contribution in [0.15, 0.2) is 103 Å². The average Bonchev–Trinajstić information content (AvgIpc) is 3.19. The molecule has 9 nitrogen and oxygen atoms in total. The molecule has 0 bridgehead atoms. The summed E-state index contributed by atoms with van der Waals surface area (Å²) in [6.45, 7) is 8.24. The summed E-state index contributed by atoms with van der Waals surface area (Å²) in [4.78, 5) is 44.7. The van der Waals surface area contributed by atoms with Crippen LogP contribution in [0.4, 0.5) is 0 Å². The lowest BCUT2D eigenvalue weighted by Crippen LogP contribution is -2.58. The lowest BCUT2D eigenvalue weighted by atomic mass is 9.86. The van der Waals surface area contributed by atoms with Gasteiger partial charge in [0.15, 0.2) is 11.5 Å². The van der Waals surface area contributed by atoms with Crippen LogP contribution in [0.5, 0.6) is 11.5 Å². The van der Waals surface area contributed by atoms with Gasteiger partial charge in [-0.1, -0.05) is 119 Å². The van der Waals surface area contributed by atoms with E-state index in [4.69, 9.17) is 15.2 Å². The lowest BCUT2D eigenvalue weighted by molar-refractivity contribution is -0.156. The second kappa shape index (κ2) is 20.3. The Morgan fingerprint density at radius 3 is 1.79 bits per heavy atom. The van der Waals surface area contributed by atoms with E-state index in [1.165, 1.54) is 4.90 Å². The maximum absolute atomic E-state index is 15.4. The first-order valence-corrected chi connectivity index (χ1v) is 20.1. The van der Waals surface area contributed by atoms with E-state index in [0.717, 1.165) is 38.2 Å². The first-order chi connectivity index (χ1) is 27.4. The topological polar surface area (TPSA) is 131 Å². The number of carbonyl (C=O) groups excluding carboxylic acids is 3. The highest BCUT2D eigenvalue weighted by atomic mass is 16.5. The van der Waals surface area contributed by atoms with Crippen molar-refractivity contribution in [1.82, 2.24) is 10.2 Å². The predicted octanol–water partition coefficient (Wildman–Crippen LogP) is 7.66. The highest BCUT2D eigenvalue weighted by Gasteiger charge is 2.41. The molecule has 0 aliphatic rings. The highest BCUT2D eigenvalue weighted by Crippen LogP contribution is 2.31. The molecule has 0 unspecified atom stereocenters. The summed E-state index contributed by atoms with van der Waals surface area (Å²) in [6.07, 6.45) is 0.263. The number of aliphatic hydroxyl groups excluding tert-OH is 1. The van der Waals surface area contributed by atoms with Crippen molar-refractivity contribution in [2.24, 2.45) is 23.5 Å². The molecule has 0 aliphatic heterocycles. The van der Waals surface area contributed by atoms with Crippen molar-refractivity contribution in [2.75, 3.05) is 20.8 Å². The molecule has 0 aliphatic carbocycles. The van der Waals surface area contributed by atoms with Crippen LogP contribution in [-0.2, 0) is 33.6 Å². The number of ether oxygens (including phenoxy) is 2. The van der Waals surface area contributed by atoms with E-state index in [1.54, 1.807) is 14.2 Å². The van der Waals surface area contributed by atoms with Gasteiger partial charge in [-0.25, -0.2) is 0 Å². The molecule has 4 N–H and O–H groups in total. The lowest BCUT2D eigenvalue weighted by Gasteiger charge is -2.38. The molecule has 9 heteroatoms. The Morgan fingerprint density at radius 2 is 1.25 bits per heavy atom. The highest BCUT2D eigenvalue weighted by molar-refractivity contribution is 6.00. The van der Waals surface area contributed by atoms with E-state index < -0.39 is 35.9 Å². The second-order valence-electron chi connectivity index (χ2n) is 15.9. The number of imide groups is 1. The molecule has 0 aromatic heterocycles. The Balaban J connectivity index is 1.49. The summed E-state index contributed by atoms with van der Waals surface area (Å²) in [5, 5.41) is 19.1. The number of hydrogen-bond donors (Lipinski definition) is 3. The van der Waals surface area contributed by atoms with E-state index in [2.05, 4.69) is 41.7 Å². The smallest absolute Gasteiger partial charge is 0.246 e. The zero-order valence-electron chi connectivity index (χ0n) is 34.2. The minimum absolute atomic E-state index is 0.0169. The number of carbonyl (C=O) groups is 3. The first kappa shape index (κ1) is 42.9. The number of nitrogens with two attached hydrogens (primary N) is 1. The molecule has 302 valence electrons. The predicted molar refractivity (Wildman–Crippen MR) is 228 cm³/mol. The molecule has 0 saturated carbocycles. The maximum Gasteiger partial charge on any atom is 0.246 e. The van der Waals surface area contributed by atoms with Crippen molar-refractivity contribution in [1.29, 1.82) is 0 Å². The summed E-state index contributed by atoms with van der Waals surface area (Å²) in [6, 6.07) is 32.0. The number of amides is 3. The summed E-state index contributed by atoms with van der Waals surface area (Å²) in [5.41, 5.74) is 9.53. The van der Waals surface area contributed by atoms with Crippen molar-refractivity contribution in [3.05, 3.63) is 120 Å². The SMILES string of the molecule is COc1ccc(CCNC(=O)C[C@H](O)[C@H](CC(C)C)N(C(=O)C(Cc2cccc3ccccc23)Cc2cccc3ccccc23)C(=O)[C@@H](N)CC(C)C)cc1OC. The zero-order valence-corrected chi connectivity index (χ0v) is 34.2. The quantitative estimate of drug-likeness (QED) is 0.0786. The Kier molecular flexibility index (Phi) is 15.2. The molecular weight excluding hydrogens is 715 g/mol. The first-order valence-electron chi connectivity index (χ1n) is 20.1. The van der Waals surface area contributed by atoms with Crippen molar-refractivity contribution in [2.45, 2.75) is 84.4 Å². The van der Waals surface area contributed by atoms with Crippen LogP contribution in [0, 0.1) is 17.8 Å². The van der Waals surface area contributed by atoms with Gasteiger partial charge >= 0.3 is 0 Å². The van der Waals surface area contributed by atoms with E-state index >= 15 is 4.79 Å². The van der Waals surface area contributed by atoms with E-state index in [0.29, 0.717) is 50.1 Å². The fourth-order valence-electron chi connectivity index (χ4n) is 7.84. The van der Waals surface area contributed by atoms with Gasteiger partial charge in [0.05, 0.1) is 38.8 Å². The molecule has 0 heterocycles. The molecule has 3 atom stereocenters. The number of rotatable bonds is 19. The molecule has 3 amide bonds. The largest absolute Gasteiger partial charge is 0.493 e. The van der Waals surface area contributed by atoms with Gasteiger partial charge in [-0.2, -0.15) is 0 Å². The minimum atomic E-state index is -1.33. The fraction of sp³-hybridized carbons (Fsp3) is 0.396. The zero-order chi connectivity index (χ0) is 41.1. The molecule has 5 rings (SSSR count). The molecular formula is C48H59N3O6. The number of benzene rings is 5. The van der Waals surface area contributed by atoms with E-state index in [1.807, 2.05) is 94.4 Å².